The minimum absolute atomic E-state index is 0.184. The lowest BCUT2D eigenvalue weighted by atomic mass is 10.2. The number of aromatic nitrogens is 3. The van der Waals surface area contributed by atoms with E-state index in [1.165, 1.54) is 19.4 Å². The monoisotopic (exact) mass is 357 g/mol. The highest BCUT2D eigenvalue weighted by Gasteiger charge is 2.07. The predicted molar refractivity (Wildman–Crippen MR) is 90.5 cm³/mol. The molecule has 0 aliphatic rings. The van der Waals surface area contributed by atoms with Gasteiger partial charge in [0.1, 0.15) is 0 Å². The Morgan fingerprint density at radius 2 is 1.73 bits per heavy atom. The van der Waals surface area contributed by atoms with Crippen molar-refractivity contribution in [1.82, 2.24) is 15.2 Å². The average molecular weight is 357 g/mol. The quantitative estimate of drug-likeness (QED) is 0.676. The Balaban J connectivity index is 1.72. The zero-order valence-electron chi connectivity index (χ0n) is 13.5. The van der Waals surface area contributed by atoms with Crippen molar-refractivity contribution in [2.45, 2.75) is 0 Å². The van der Waals surface area contributed by atoms with Crippen LogP contribution in [0.25, 0.3) is 0 Å². The number of esters is 1. The molecule has 1 heterocycles. The number of ether oxygens (including phenoxy) is 1. The molecule has 0 aliphatic heterocycles. The Hall–Kier alpha value is -3.62. The maximum absolute atomic E-state index is 13.3. The summed E-state index contributed by atoms with van der Waals surface area (Å²) >= 11 is 0. The van der Waals surface area contributed by atoms with Crippen molar-refractivity contribution in [2.24, 2.45) is 0 Å². The second-order valence-electron chi connectivity index (χ2n) is 5.11. The summed E-state index contributed by atoms with van der Waals surface area (Å²) in [7, 11) is 1.31. The fraction of sp³-hybridized carbons (Fsp3) is 0.0588. The molecular weight excluding hydrogens is 344 g/mol. The highest BCUT2D eigenvalue weighted by molar-refractivity contribution is 5.89. The fourth-order valence-electron chi connectivity index (χ4n) is 2.08. The lowest BCUT2D eigenvalue weighted by molar-refractivity contribution is 0.0601. The van der Waals surface area contributed by atoms with E-state index in [1.807, 2.05) is 0 Å². The lowest BCUT2D eigenvalue weighted by Crippen LogP contribution is -2.04. The van der Waals surface area contributed by atoms with Gasteiger partial charge < -0.3 is 15.4 Å². The molecule has 3 aromatic rings. The van der Waals surface area contributed by atoms with Crippen LogP contribution in [0.5, 0.6) is 0 Å². The van der Waals surface area contributed by atoms with Crippen LogP contribution in [0.15, 0.2) is 48.7 Å². The molecule has 26 heavy (non-hydrogen) atoms. The van der Waals surface area contributed by atoms with Crippen LogP contribution >= 0.6 is 0 Å². The van der Waals surface area contributed by atoms with E-state index in [-0.39, 0.29) is 5.95 Å². The Morgan fingerprint density at radius 1 is 1.00 bits per heavy atom. The first kappa shape index (κ1) is 17.2. The van der Waals surface area contributed by atoms with Crippen LogP contribution in [0.1, 0.15) is 10.4 Å². The standard InChI is InChI=1S/C17H13F2N5O2/c1-26-16(25)10-2-4-11(5-3-10)22-17-23-15(9-20-24-17)21-12-6-7-13(18)14(19)8-12/h2-9H,1H3,(H2,21,22,23,24). The maximum atomic E-state index is 13.3. The van der Waals surface area contributed by atoms with Gasteiger partial charge in [-0.1, -0.05) is 0 Å². The van der Waals surface area contributed by atoms with E-state index in [0.717, 1.165) is 12.1 Å². The van der Waals surface area contributed by atoms with Crippen LogP contribution in [0.4, 0.5) is 31.9 Å². The Morgan fingerprint density at radius 3 is 2.42 bits per heavy atom. The summed E-state index contributed by atoms with van der Waals surface area (Å²) in [5.74, 6) is -1.87. The summed E-state index contributed by atoms with van der Waals surface area (Å²) < 4.78 is 30.9. The van der Waals surface area contributed by atoms with Gasteiger partial charge in [-0.25, -0.2) is 13.6 Å². The van der Waals surface area contributed by atoms with Gasteiger partial charge in [0.15, 0.2) is 17.5 Å². The summed E-state index contributed by atoms with van der Waals surface area (Å²) in [4.78, 5) is 15.6. The molecule has 0 amide bonds. The first-order chi connectivity index (χ1) is 12.5. The number of anilines is 4. The van der Waals surface area contributed by atoms with E-state index >= 15 is 0 Å². The molecule has 0 spiro atoms. The maximum Gasteiger partial charge on any atom is 0.337 e. The number of halogens is 2. The van der Waals surface area contributed by atoms with E-state index in [4.69, 9.17) is 0 Å². The van der Waals surface area contributed by atoms with Crippen molar-refractivity contribution in [2.75, 3.05) is 17.7 Å². The van der Waals surface area contributed by atoms with Crippen molar-refractivity contribution >= 4 is 29.1 Å². The SMILES string of the molecule is COC(=O)c1ccc(Nc2nncc(Nc3ccc(F)c(F)c3)n2)cc1. The van der Waals surface area contributed by atoms with Crippen molar-refractivity contribution < 1.29 is 18.3 Å². The van der Waals surface area contributed by atoms with E-state index < -0.39 is 17.6 Å². The van der Waals surface area contributed by atoms with Crippen LogP contribution < -0.4 is 10.6 Å². The third-order valence-corrected chi connectivity index (χ3v) is 3.31. The van der Waals surface area contributed by atoms with Gasteiger partial charge >= 0.3 is 5.97 Å². The normalized spacial score (nSPS) is 10.3. The van der Waals surface area contributed by atoms with Crippen LogP contribution in [-0.2, 0) is 4.74 Å². The molecule has 0 bridgehead atoms. The largest absolute Gasteiger partial charge is 0.465 e. The molecule has 2 aromatic carbocycles. The fourth-order valence-corrected chi connectivity index (χ4v) is 2.08. The van der Waals surface area contributed by atoms with Gasteiger partial charge in [0.2, 0.25) is 5.95 Å². The number of methoxy groups -OCH3 is 1. The highest BCUT2D eigenvalue weighted by Crippen LogP contribution is 2.19. The Kier molecular flexibility index (Phi) is 4.97. The number of nitrogens with one attached hydrogen (secondary N) is 2. The lowest BCUT2D eigenvalue weighted by Gasteiger charge is -2.08. The molecule has 9 heteroatoms. The van der Waals surface area contributed by atoms with Gasteiger partial charge in [-0.3, -0.25) is 0 Å². The molecule has 132 valence electrons. The van der Waals surface area contributed by atoms with E-state index in [0.29, 0.717) is 22.8 Å². The van der Waals surface area contributed by atoms with Gasteiger partial charge in [0, 0.05) is 17.4 Å². The topological polar surface area (TPSA) is 89.0 Å². The number of hydrogen-bond acceptors (Lipinski definition) is 7. The number of rotatable bonds is 5. The molecule has 0 fully saturated rings. The van der Waals surface area contributed by atoms with Gasteiger partial charge in [-0.2, -0.15) is 10.1 Å². The van der Waals surface area contributed by atoms with Gasteiger partial charge in [0.25, 0.3) is 0 Å². The van der Waals surface area contributed by atoms with Crippen molar-refractivity contribution in [3.8, 4) is 0 Å². The average Bonchev–Trinajstić information content (AvgIpc) is 2.65. The molecule has 0 saturated carbocycles. The highest BCUT2D eigenvalue weighted by atomic mass is 19.2. The Labute approximate surface area is 147 Å². The van der Waals surface area contributed by atoms with E-state index in [1.54, 1.807) is 24.3 Å². The predicted octanol–water partition coefficient (Wildman–Crippen LogP) is 3.42. The van der Waals surface area contributed by atoms with Crippen LogP contribution in [0.3, 0.4) is 0 Å². The molecule has 0 aliphatic carbocycles. The number of benzene rings is 2. The van der Waals surface area contributed by atoms with E-state index in [9.17, 15) is 13.6 Å². The van der Waals surface area contributed by atoms with Crippen molar-refractivity contribution in [3.63, 3.8) is 0 Å². The second kappa shape index (κ2) is 7.51. The summed E-state index contributed by atoms with van der Waals surface area (Å²) in [5, 5.41) is 13.4. The third kappa shape index (κ3) is 4.07. The third-order valence-electron chi connectivity index (χ3n) is 3.31. The minimum Gasteiger partial charge on any atom is -0.465 e. The summed E-state index contributed by atoms with van der Waals surface area (Å²) in [6.45, 7) is 0. The molecule has 0 atom stereocenters. The van der Waals surface area contributed by atoms with Crippen LogP contribution in [0, 0.1) is 11.6 Å². The molecule has 0 radical (unpaired) electrons. The Bertz CT molecular complexity index is 935. The van der Waals surface area contributed by atoms with E-state index in [2.05, 4.69) is 30.6 Å². The summed E-state index contributed by atoms with van der Waals surface area (Å²) in [6.07, 6.45) is 1.34. The number of carbonyl (C=O) groups excluding carboxylic acids is 1. The van der Waals surface area contributed by atoms with Crippen molar-refractivity contribution in [1.29, 1.82) is 0 Å². The van der Waals surface area contributed by atoms with Crippen LogP contribution in [0.2, 0.25) is 0 Å². The molecule has 1 aromatic heterocycles. The van der Waals surface area contributed by atoms with Gasteiger partial charge in [-0.05, 0) is 36.4 Å². The number of nitrogens with zero attached hydrogens (tertiary/aromatic N) is 3. The minimum atomic E-state index is -0.971. The summed E-state index contributed by atoms with van der Waals surface area (Å²) in [6, 6.07) is 9.88. The number of hydrogen-bond donors (Lipinski definition) is 2. The number of carbonyl (C=O) groups is 1. The molecule has 0 saturated heterocycles. The molecule has 3 rings (SSSR count). The van der Waals surface area contributed by atoms with Gasteiger partial charge in [0.05, 0.1) is 18.9 Å². The van der Waals surface area contributed by atoms with Crippen LogP contribution in [-0.4, -0.2) is 28.3 Å². The zero-order valence-corrected chi connectivity index (χ0v) is 13.5. The first-order valence-corrected chi connectivity index (χ1v) is 7.42. The molecule has 2 N–H and O–H groups in total. The second-order valence-corrected chi connectivity index (χ2v) is 5.11. The molecule has 0 unspecified atom stereocenters. The zero-order chi connectivity index (χ0) is 18.5. The molecule has 7 nitrogen and oxygen atoms in total. The smallest absolute Gasteiger partial charge is 0.337 e. The van der Waals surface area contributed by atoms with Crippen molar-refractivity contribution in [3.05, 3.63) is 65.9 Å². The van der Waals surface area contributed by atoms with Gasteiger partial charge in [-0.15, -0.1) is 5.10 Å². The molecular formula is C17H13F2N5O2. The summed E-state index contributed by atoms with van der Waals surface area (Å²) in [5.41, 5.74) is 1.35. The first-order valence-electron chi connectivity index (χ1n) is 7.42.